The second-order valence-electron chi connectivity index (χ2n) is 8.11. The van der Waals surface area contributed by atoms with Gasteiger partial charge in [0.25, 0.3) is 5.91 Å². The van der Waals surface area contributed by atoms with Gasteiger partial charge < -0.3 is 14.4 Å². The average molecular weight is 514 g/mol. The van der Waals surface area contributed by atoms with E-state index >= 15 is 0 Å². The quantitative estimate of drug-likeness (QED) is 0.267. The van der Waals surface area contributed by atoms with E-state index in [0.29, 0.717) is 38.5 Å². The minimum Gasteiger partial charge on any atom is -0.484 e. The van der Waals surface area contributed by atoms with Crippen molar-refractivity contribution < 1.29 is 19.1 Å². The molecule has 3 aromatic carbocycles. The molecule has 0 heterocycles. The number of carbonyl (C=O) groups is 2. The van der Waals surface area contributed by atoms with Gasteiger partial charge in [0.2, 0.25) is 0 Å². The zero-order valence-electron chi connectivity index (χ0n) is 20.1. The number of esters is 1. The first-order valence-corrected chi connectivity index (χ1v) is 12.3. The molecule has 184 valence electrons. The van der Waals surface area contributed by atoms with E-state index in [0.717, 1.165) is 6.42 Å². The Morgan fingerprint density at radius 1 is 0.914 bits per heavy atom. The van der Waals surface area contributed by atoms with Crippen LogP contribution in [0.15, 0.2) is 66.7 Å². The van der Waals surface area contributed by atoms with Gasteiger partial charge >= 0.3 is 5.97 Å². The first kappa shape index (κ1) is 26.6. The Bertz CT molecular complexity index is 1130. The molecule has 1 amide bonds. The molecular formula is C28H29Cl2NO4. The molecule has 0 bridgehead atoms. The van der Waals surface area contributed by atoms with Crippen molar-refractivity contribution in [3.63, 3.8) is 0 Å². The van der Waals surface area contributed by atoms with Crippen LogP contribution < -0.4 is 9.64 Å². The number of carbonyl (C=O) groups excluding carboxylic acids is 2. The number of ether oxygens (including phenoxy) is 2. The summed E-state index contributed by atoms with van der Waals surface area (Å²) in [6.07, 6.45) is 1.05. The third-order valence-electron chi connectivity index (χ3n) is 5.79. The van der Waals surface area contributed by atoms with E-state index in [-0.39, 0.29) is 25.7 Å². The predicted octanol–water partition coefficient (Wildman–Crippen LogP) is 7.30. The zero-order valence-corrected chi connectivity index (χ0v) is 21.6. The third-order valence-corrected chi connectivity index (χ3v) is 6.50. The van der Waals surface area contributed by atoms with Crippen LogP contribution in [0.25, 0.3) is 0 Å². The minimum absolute atomic E-state index is 0.145. The van der Waals surface area contributed by atoms with Gasteiger partial charge in [-0.1, -0.05) is 55.2 Å². The largest absolute Gasteiger partial charge is 0.484 e. The number of rotatable bonds is 10. The van der Waals surface area contributed by atoms with Crippen LogP contribution >= 0.6 is 23.2 Å². The fraction of sp³-hybridized carbons (Fsp3) is 0.286. The van der Waals surface area contributed by atoms with Gasteiger partial charge in [-0.05, 0) is 73.4 Å². The van der Waals surface area contributed by atoms with Gasteiger partial charge in [-0.3, -0.25) is 4.79 Å². The van der Waals surface area contributed by atoms with E-state index in [1.807, 2.05) is 24.3 Å². The summed E-state index contributed by atoms with van der Waals surface area (Å²) in [5, 5.41) is 0.917. The highest BCUT2D eigenvalue weighted by Gasteiger charge is 2.20. The summed E-state index contributed by atoms with van der Waals surface area (Å²) in [6.45, 7) is 6.32. The number of halogens is 2. The molecule has 5 nitrogen and oxygen atoms in total. The number of benzene rings is 3. The van der Waals surface area contributed by atoms with Gasteiger partial charge in [0.05, 0.1) is 18.7 Å². The molecule has 0 saturated carbocycles. The standard InChI is InChI=1S/C28H29Cl2NO4/c1-4-19(3)20-11-15-23(16-12-20)35-18-27(32)31(17-24-25(29)7-6-8-26(24)30)22-13-9-21(10-14-22)28(33)34-5-2/h6-16,19H,4-5,17-18H2,1-3H3/t19-/m1/s1. The Kier molecular flexibility index (Phi) is 9.58. The maximum atomic E-state index is 13.3. The fourth-order valence-electron chi connectivity index (χ4n) is 3.51. The van der Waals surface area contributed by atoms with Crippen molar-refractivity contribution in [2.75, 3.05) is 18.1 Å². The van der Waals surface area contributed by atoms with E-state index in [1.165, 1.54) is 10.5 Å². The summed E-state index contributed by atoms with van der Waals surface area (Å²) in [6, 6.07) is 19.6. The molecule has 0 spiro atoms. The molecular weight excluding hydrogens is 485 g/mol. The second-order valence-corrected chi connectivity index (χ2v) is 8.93. The fourth-order valence-corrected chi connectivity index (χ4v) is 4.03. The molecule has 7 heteroatoms. The first-order valence-electron chi connectivity index (χ1n) is 11.6. The Hall–Kier alpha value is -3.02. The van der Waals surface area contributed by atoms with Gasteiger partial charge in [-0.15, -0.1) is 0 Å². The van der Waals surface area contributed by atoms with Crippen LogP contribution in [0.1, 0.15) is 54.6 Å². The van der Waals surface area contributed by atoms with Crippen LogP contribution in [-0.2, 0) is 16.1 Å². The molecule has 3 rings (SSSR count). The minimum atomic E-state index is -0.421. The summed E-state index contributed by atoms with van der Waals surface area (Å²) < 4.78 is 10.8. The van der Waals surface area contributed by atoms with Crippen LogP contribution in [0.5, 0.6) is 5.75 Å². The summed E-state index contributed by atoms with van der Waals surface area (Å²) in [4.78, 5) is 26.9. The second kappa shape index (κ2) is 12.6. The third kappa shape index (κ3) is 7.00. The summed E-state index contributed by atoms with van der Waals surface area (Å²) >= 11 is 12.8. The lowest BCUT2D eigenvalue weighted by molar-refractivity contribution is -0.120. The highest BCUT2D eigenvalue weighted by Crippen LogP contribution is 2.28. The highest BCUT2D eigenvalue weighted by molar-refractivity contribution is 6.36. The monoisotopic (exact) mass is 513 g/mol. The molecule has 0 fully saturated rings. The molecule has 0 aromatic heterocycles. The van der Waals surface area contributed by atoms with Crippen molar-refractivity contribution in [1.82, 2.24) is 0 Å². The topological polar surface area (TPSA) is 55.8 Å². The number of amides is 1. The Balaban J connectivity index is 1.82. The van der Waals surface area contributed by atoms with Gasteiger partial charge in [-0.25, -0.2) is 4.79 Å². The van der Waals surface area contributed by atoms with Gasteiger partial charge in [0, 0.05) is 21.3 Å². The highest BCUT2D eigenvalue weighted by atomic mass is 35.5. The predicted molar refractivity (Wildman–Crippen MR) is 141 cm³/mol. The van der Waals surface area contributed by atoms with Crippen LogP contribution in [0.2, 0.25) is 10.0 Å². The van der Waals surface area contributed by atoms with E-state index in [4.69, 9.17) is 32.7 Å². The van der Waals surface area contributed by atoms with Crippen LogP contribution in [0.4, 0.5) is 5.69 Å². The van der Waals surface area contributed by atoms with Crippen molar-refractivity contribution in [3.8, 4) is 5.75 Å². The molecule has 0 radical (unpaired) electrons. The lowest BCUT2D eigenvalue weighted by Gasteiger charge is -2.24. The smallest absolute Gasteiger partial charge is 0.338 e. The lowest BCUT2D eigenvalue weighted by Crippen LogP contribution is -2.34. The van der Waals surface area contributed by atoms with Crippen molar-refractivity contribution >= 4 is 40.8 Å². The van der Waals surface area contributed by atoms with Crippen LogP contribution in [0.3, 0.4) is 0 Å². The van der Waals surface area contributed by atoms with Crippen molar-refractivity contribution in [2.24, 2.45) is 0 Å². The van der Waals surface area contributed by atoms with Crippen LogP contribution in [-0.4, -0.2) is 25.1 Å². The van der Waals surface area contributed by atoms with Crippen molar-refractivity contribution in [3.05, 3.63) is 93.5 Å². The van der Waals surface area contributed by atoms with Gasteiger partial charge in [0.15, 0.2) is 6.61 Å². The maximum Gasteiger partial charge on any atom is 0.338 e. The normalized spacial score (nSPS) is 11.6. The van der Waals surface area contributed by atoms with E-state index in [1.54, 1.807) is 49.4 Å². The molecule has 0 aliphatic carbocycles. The van der Waals surface area contributed by atoms with E-state index in [9.17, 15) is 9.59 Å². The molecule has 0 aliphatic heterocycles. The lowest BCUT2D eigenvalue weighted by atomic mass is 9.99. The number of nitrogens with zero attached hydrogens (tertiary/aromatic N) is 1. The zero-order chi connectivity index (χ0) is 25.4. The average Bonchev–Trinajstić information content (AvgIpc) is 2.87. The molecule has 0 saturated heterocycles. The Morgan fingerprint density at radius 2 is 1.54 bits per heavy atom. The SMILES string of the molecule is CCOC(=O)c1ccc(N(Cc2c(Cl)cccc2Cl)C(=O)COc2ccc([C@H](C)CC)cc2)cc1. The Morgan fingerprint density at radius 3 is 2.11 bits per heavy atom. The Labute approximate surface area is 216 Å². The molecule has 0 N–H and O–H groups in total. The van der Waals surface area contributed by atoms with E-state index in [2.05, 4.69) is 13.8 Å². The van der Waals surface area contributed by atoms with E-state index < -0.39 is 5.97 Å². The van der Waals surface area contributed by atoms with Crippen LogP contribution in [0, 0.1) is 0 Å². The number of anilines is 1. The molecule has 35 heavy (non-hydrogen) atoms. The summed E-state index contributed by atoms with van der Waals surface area (Å²) in [7, 11) is 0. The molecule has 0 aliphatic rings. The first-order chi connectivity index (χ1) is 16.8. The molecule has 3 aromatic rings. The van der Waals surface area contributed by atoms with Crippen molar-refractivity contribution in [2.45, 2.75) is 39.7 Å². The molecule has 1 atom stereocenters. The molecule has 0 unspecified atom stereocenters. The summed E-state index contributed by atoms with van der Waals surface area (Å²) in [5.41, 5.74) is 2.82. The number of hydrogen-bond donors (Lipinski definition) is 0. The van der Waals surface area contributed by atoms with Crippen molar-refractivity contribution in [1.29, 1.82) is 0 Å². The maximum absolute atomic E-state index is 13.3. The number of hydrogen-bond acceptors (Lipinski definition) is 4. The van der Waals surface area contributed by atoms with Gasteiger partial charge in [0.1, 0.15) is 5.75 Å². The summed E-state index contributed by atoms with van der Waals surface area (Å²) in [5.74, 6) is 0.365. The van der Waals surface area contributed by atoms with Gasteiger partial charge in [-0.2, -0.15) is 0 Å².